The van der Waals surface area contributed by atoms with Crippen LogP contribution in [0.3, 0.4) is 0 Å². The quantitative estimate of drug-likeness (QED) is 0.910. The third-order valence-electron chi connectivity index (χ3n) is 3.15. The van der Waals surface area contributed by atoms with Gasteiger partial charge in [-0.3, -0.25) is 0 Å². The Hall–Kier alpha value is -0.720. The van der Waals surface area contributed by atoms with Crippen molar-refractivity contribution < 1.29 is 14.9 Å². The molecule has 0 aromatic carbocycles. The van der Waals surface area contributed by atoms with Crippen LogP contribution in [0.1, 0.15) is 17.4 Å². The summed E-state index contributed by atoms with van der Waals surface area (Å²) in [6, 6.07) is 6.24. The van der Waals surface area contributed by atoms with Crippen LogP contribution in [0.5, 0.6) is 0 Å². The molecule has 1 aliphatic rings. The zero-order valence-corrected chi connectivity index (χ0v) is 11.3. The van der Waals surface area contributed by atoms with Crippen molar-refractivity contribution in [3.8, 4) is 10.4 Å². The fraction of sp³-hybridized carbons (Fsp3) is 0.385. The van der Waals surface area contributed by atoms with Crippen molar-refractivity contribution >= 4 is 22.7 Å². The Bertz CT molecular complexity index is 506. The predicted octanol–water partition coefficient (Wildman–Crippen LogP) is 2.66. The monoisotopic (exact) mass is 282 g/mol. The molecule has 5 heteroatoms. The first-order valence-corrected chi connectivity index (χ1v) is 7.60. The molecule has 3 atom stereocenters. The summed E-state index contributed by atoms with van der Waals surface area (Å²) in [6.45, 7) is -0.125. The average molecular weight is 282 g/mol. The third kappa shape index (κ3) is 2.24. The van der Waals surface area contributed by atoms with Crippen molar-refractivity contribution in [1.82, 2.24) is 0 Å². The summed E-state index contributed by atoms with van der Waals surface area (Å²) in [7, 11) is 0. The van der Waals surface area contributed by atoms with Crippen LogP contribution in [-0.4, -0.2) is 29.0 Å². The number of aliphatic hydroxyl groups is 2. The first-order chi connectivity index (χ1) is 8.78. The van der Waals surface area contributed by atoms with Gasteiger partial charge in [0.25, 0.3) is 0 Å². The Labute approximate surface area is 113 Å². The van der Waals surface area contributed by atoms with Crippen LogP contribution in [0, 0.1) is 0 Å². The highest BCUT2D eigenvalue weighted by Gasteiger charge is 2.34. The van der Waals surface area contributed by atoms with Crippen LogP contribution in [0.15, 0.2) is 29.0 Å². The van der Waals surface area contributed by atoms with E-state index >= 15 is 0 Å². The highest BCUT2D eigenvalue weighted by Crippen LogP contribution is 2.39. The van der Waals surface area contributed by atoms with E-state index in [4.69, 9.17) is 9.84 Å². The Morgan fingerprint density at radius 1 is 1.33 bits per heavy atom. The largest absolute Gasteiger partial charge is 0.394 e. The van der Waals surface area contributed by atoms with Crippen molar-refractivity contribution in [3.63, 3.8) is 0 Å². The predicted molar refractivity (Wildman–Crippen MR) is 73.0 cm³/mol. The minimum absolute atomic E-state index is 0.0884. The maximum atomic E-state index is 9.73. The van der Waals surface area contributed by atoms with E-state index in [-0.39, 0.29) is 12.7 Å². The van der Waals surface area contributed by atoms with E-state index in [9.17, 15) is 5.11 Å². The summed E-state index contributed by atoms with van der Waals surface area (Å²) >= 11 is 3.37. The van der Waals surface area contributed by atoms with E-state index in [0.717, 1.165) is 4.88 Å². The molecule has 0 radical (unpaired) electrons. The Kier molecular flexibility index (Phi) is 3.50. The molecule has 0 amide bonds. The van der Waals surface area contributed by atoms with Gasteiger partial charge in [0.1, 0.15) is 6.10 Å². The summed E-state index contributed by atoms with van der Waals surface area (Å²) < 4.78 is 5.65. The molecule has 0 unspecified atom stereocenters. The van der Waals surface area contributed by atoms with Crippen molar-refractivity contribution in [2.24, 2.45) is 0 Å². The molecule has 1 aliphatic heterocycles. The molecule has 3 rings (SSSR count). The molecule has 96 valence electrons. The highest BCUT2D eigenvalue weighted by atomic mass is 32.1. The van der Waals surface area contributed by atoms with E-state index in [2.05, 4.69) is 29.0 Å². The maximum Gasteiger partial charge on any atom is 0.107 e. The highest BCUT2D eigenvalue weighted by molar-refractivity contribution is 7.16. The first kappa shape index (κ1) is 12.3. The van der Waals surface area contributed by atoms with Gasteiger partial charge in [-0.05, 0) is 29.0 Å². The number of rotatable bonds is 3. The summed E-state index contributed by atoms with van der Waals surface area (Å²) in [4.78, 5) is 2.34. The molecule has 2 aromatic rings. The van der Waals surface area contributed by atoms with Gasteiger partial charge >= 0.3 is 0 Å². The minimum atomic E-state index is -0.563. The molecule has 18 heavy (non-hydrogen) atoms. The van der Waals surface area contributed by atoms with E-state index in [1.165, 1.54) is 10.4 Å². The van der Waals surface area contributed by atoms with Gasteiger partial charge in [0, 0.05) is 21.7 Å². The topological polar surface area (TPSA) is 49.7 Å². The number of thiophene rings is 2. The number of hydrogen-bond donors (Lipinski definition) is 2. The van der Waals surface area contributed by atoms with Crippen LogP contribution in [-0.2, 0) is 4.74 Å². The van der Waals surface area contributed by atoms with Gasteiger partial charge in [0.15, 0.2) is 0 Å². The van der Waals surface area contributed by atoms with Gasteiger partial charge in [0.2, 0.25) is 0 Å². The third-order valence-corrected chi connectivity index (χ3v) is 5.06. The smallest absolute Gasteiger partial charge is 0.107 e. The molecule has 2 N–H and O–H groups in total. The fourth-order valence-electron chi connectivity index (χ4n) is 2.16. The average Bonchev–Trinajstić information content (AvgIpc) is 3.08. The lowest BCUT2D eigenvalue weighted by atomic mass is 10.1. The molecule has 0 spiro atoms. The molecule has 3 nitrogen and oxygen atoms in total. The summed E-state index contributed by atoms with van der Waals surface area (Å²) in [6.07, 6.45) is -0.530. The van der Waals surface area contributed by atoms with Crippen LogP contribution >= 0.6 is 22.7 Å². The molecule has 3 heterocycles. The molecule has 1 fully saturated rings. The number of hydrogen-bond acceptors (Lipinski definition) is 5. The molecular weight excluding hydrogens is 268 g/mol. The van der Waals surface area contributed by atoms with Crippen LogP contribution in [0.2, 0.25) is 0 Å². The van der Waals surface area contributed by atoms with Crippen molar-refractivity contribution in [2.45, 2.75) is 24.7 Å². The van der Waals surface area contributed by atoms with Gasteiger partial charge in [-0.1, -0.05) is 0 Å². The first-order valence-electron chi connectivity index (χ1n) is 5.84. The van der Waals surface area contributed by atoms with Gasteiger partial charge < -0.3 is 14.9 Å². The number of ether oxygens (including phenoxy) is 1. The standard InChI is InChI=1S/C13H14O3S2/c14-6-11-9(15)5-10(16-11)13-2-1-12(18-13)8-3-4-17-7-8/h1-4,7,9-11,14-15H,5-6H2/t9-,10+,11+/m0/s1. The zero-order chi connectivity index (χ0) is 12.5. The second-order valence-electron chi connectivity index (χ2n) is 4.36. The second kappa shape index (κ2) is 5.11. The summed E-state index contributed by atoms with van der Waals surface area (Å²) in [5, 5.41) is 23.0. The van der Waals surface area contributed by atoms with Crippen LogP contribution in [0.25, 0.3) is 10.4 Å². The van der Waals surface area contributed by atoms with E-state index < -0.39 is 12.2 Å². The summed E-state index contributed by atoms with van der Waals surface area (Å²) in [5.74, 6) is 0. The van der Waals surface area contributed by atoms with Crippen LogP contribution < -0.4 is 0 Å². The SMILES string of the molecule is OC[C@H]1O[C@@H](c2ccc(-c3ccsc3)s2)C[C@@H]1O. The van der Waals surface area contributed by atoms with E-state index in [1.54, 1.807) is 22.7 Å². The molecule has 0 saturated carbocycles. The Morgan fingerprint density at radius 3 is 2.89 bits per heavy atom. The van der Waals surface area contributed by atoms with Crippen LogP contribution in [0.4, 0.5) is 0 Å². The maximum absolute atomic E-state index is 9.73. The normalized spacial score (nSPS) is 27.8. The fourth-order valence-corrected chi connectivity index (χ4v) is 3.95. The Balaban J connectivity index is 1.78. The van der Waals surface area contributed by atoms with E-state index in [1.807, 2.05) is 0 Å². The van der Waals surface area contributed by atoms with Gasteiger partial charge in [-0.2, -0.15) is 11.3 Å². The molecule has 0 bridgehead atoms. The molecule has 1 saturated heterocycles. The number of aliphatic hydroxyl groups excluding tert-OH is 2. The lowest BCUT2D eigenvalue weighted by molar-refractivity contribution is -0.0216. The van der Waals surface area contributed by atoms with Gasteiger partial charge in [0.05, 0.1) is 18.8 Å². The minimum Gasteiger partial charge on any atom is -0.394 e. The molecule has 0 aliphatic carbocycles. The zero-order valence-electron chi connectivity index (χ0n) is 9.65. The Morgan fingerprint density at radius 2 is 2.22 bits per heavy atom. The second-order valence-corrected chi connectivity index (χ2v) is 6.26. The van der Waals surface area contributed by atoms with Crippen molar-refractivity contribution in [1.29, 1.82) is 0 Å². The summed E-state index contributed by atoms with van der Waals surface area (Å²) in [5.41, 5.74) is 1.23. The van der Waals surface area contributed by atoms with Crippen molar-refractivity contribution in [2.75, 3.05) is 6.61 Å². The van der Waals surface area contributed by atoms with E-state index in [0.29, 0.717) is 6.42 Å². The van der Waals surface area contributed by atoms with Gasteiger partial charge in [-0.15, -0.1) is 11.3 Å². The molecular formula is C13H14O3S2. The van der Waals surface area contributed by atoms with Gasteiger partial charge in [-0.25, -0.2) is 0 Å². The molecule has 2 aromatic heterocycles. The lowest BCUT2D eigenvalue weighted by Crippen LogP contribution is -2.24. The lowest BCUT2D eigenvalue weighted by Gasteiger charge is -2.10. The van der Waals surface area contributed by atoms with Crippen molar-refractivity contribution in [3.05, 3.63) is 33.8 Å².